The summed E-state index contributed by atoms with van der Waals surface area (Å²) >= 11 is 0. The first-order valence-electron chi connectivity index (χ1n) is 4.09. The molecule has 1 rings (SSSR count). The highest BCUT2D eigenvalue weighted by molar-refractivity contribution is 5.19. The molecule has 0 fully saturated rings. The lowest BCUT2D eigenvalue weighted by Gasteiger charge is -2.16. The molecular weight excluding hydrogens is 152 g/mol. The standard InChI is InChI=1S/C10H14O2/c1-8(10(12)7-11)9-5-3-2-4-6-9/h2-6,8,10-12H,7H2,1H3/t8-,10+/m0/s1. The molecule has 0 radical (unpaired) electrons. The topological polar surface area (TPSA) is 40.5 Å². The van der Waals surface area contributed by atoms with Gasteiger partial charge in [0.15, 0.2) is 0 Å². The predicted octanol–water partition coefficient (Wildman–Crippen LogP) is 1.14. The van der Waals surface area contributed by atoms with Crippen molar-refractivity contribution in [3.8, 4) is 0 Å². The predicted molar refractivity (Wildman–Crippen MR) is 47.9 cm³/mol. The molecule has 0 aliphatic rings. The number of aliphatic hydroxyl groups is 2. The van der Waals surface area contributed by atoms with Crippen LogP contribution in [0.25, 0.3) is 0 Å². The van der Waals surface area contributed by atoms with Gasteiger partial charge in [-0.25, -0.2) is 0 Å². The summed E-state index contributed by atoms with van der Waals surface area (Å²) in [6, 6.07) is 9.68. The average Bonchev–Trinajstić information content (AvgIpc) is 2.17. The van der Waals surface area contributed by atoms with Crippen molar-refractivity contribution in [3.63, 3.8) is 0 Å². The highest BCUT2D eigenvalue weighted by Crippen LogP contribution is 2.17. The Labute approximate surface area is 72.5 Å². The highest BCUT2D eigenvalue weighted by atomic mass is 16.3. The number of rotatable bonds is 3. The second-order valence-corrected chi connectivity index (χ2v) is 2.95. The molecule has 0 aliphatic heterocycles. The van der Waals surface area contributed by atoms with E-state index in [9.17, 15) is 5.11 Å². The van der Waals surface area contributed by atoms with Crippen LogP contribution in [0, 0.1) is 0 Å². The molecule has 66 valence electrons. The normalized spacial score (nSPS) is 15.6. The second kappa shape index (κ2) is 4.24. The third-order valence-electron chi connectivity index (χ3n) is 2.09. The maximum Gasteiger partial charge on any atom is 0.0836 e. The maximum absolute atomic E-state index is 9.33. The molecule has 1 aromatic carbocycles. The van der Waals surface area contributed by atoms with Gasteiger partial charge in [-0.2, -0.15) is 0 Å². The summed E-state index contributed by atoms with van der Waals surface area (Å²) in [4.78, 5) is 0. The van der Waals surface area contributed by atoms with Gasteiger partial charge in [0, 0.05) is 5.92 Å². The lowest BCUT2D eigenvalue weighted by molar-refractivity contribution is 0.0772. The summed E-state index contributed by atoms with van der Waals surface area (Å²) in [5.74, 6) is -0.00352. The number of hydrogen-bond donors (Lipinski definition) is 2. The fourth-order valence-electron chi connectivity index (χ4n) is 1.14. The second-order valence-electron chi connectivity index (χ2n) is 2.95. The highest BCUT2D eigenvalue weighted by Gasteiger charge is 2.13. The SMILES string of the molecule is C[C@@H](c1ccccc1)[C@H](O)CO. The van der Waals surface area contributed by atoms with Gasteiger partial charge in [-0.3, -0.25) is 0 Å². The van der Waals surface area contributed by atoms with Crippen molar-refractivity contribution in [3.05, 3.63) is 35.9 Å². The summed E-state index contributed by atoms with van der Waals surface area (Å²) in [7, 11) is 0. The Balaban J connectivity index is 2.71. The van der Waals surface area contributed by atoms with Crippen LogP contribution in [0.15, 0.2) is 30.3 Å². The van der Waals surface area contributed by atoms with Gasteiger partial charge in [-0.05, 0) is 5.56 Å². The Morgan fingerprint density at radius 3 is 2.33 bits per heavy atom. The summed E-state index contributed by atoms with van der Waals surface area (Å²) < 4.78 is 0. The van der Waals surface area contributed by atoms with Crippen LogP contribution in [0.4, 0.5) is 0 Å². The third-order valence-corrected chi connectivity index (χ3v) is 2.09. The summed E-state index contributed by atoms with van der Waals surface area (Å²) in [5, 5.41) is 18.0. The molecule has 1 aromatic rings. The summed E-state index contributed by atoms with van der Waals surface area (Å²) in [6.07, 6.45) is -0.660. The molecule has 0 saturated carbocycles. The smallest absolute Gasteiger partial charge is 0.0836 e. The Morgan fingerprint density at radius 2 is 1.83 bits per heavy atom. The minimum Gasteiger partial charge on any atom is -0.394 e. The van der Waals surface area contributed by atoms with Gasteiger partial charge in [0.1, 0.15) is 0 Å². The first kappa shape index (κ1) is 9.23. The van der Waals surface area contributed by atoms with E-state index in [0.717, 1.165) is 5.56 Å². The van der Waals surface area contributed by atoms with Crippen LogP contribution in [0.1, 0.15) is 18.4 Å². The maximum atomic E-state index is 9.33. The zero-order valence-electron chi connectivity index (χ0n) is 7.14. The van der Waals surface area contributed by atoms with Crippen LogP contribution < -0.4 is 0 Å². The van der Waals surface area contributed by atoms with E-state index in [1.165, 1.54) is 0 Å². The van der Waals surface area contributed by atoms with Crippen LogP contribution in [0.3, 0.4) is 0 Å². The molecule has 0 aliphatic carbocycles. The minimum absolute atomic E-state index is 0.00352. The van der Waals surface area contributed by atoms with Crippen molar-refractivity contribution in [1.82, 2.24) is 0 Å². The fourth-order valence-corrected chi connectivity index (χ4v) is 1.14. The van der Waals surface area contributed by atoms with Crippen LogP contribution in [0.2, 0.25) is 0 Å². The van der Waals surface area contributed by atoms with Gasteiger partial charge in [-0.15, -0.1) is 0 Å². The van der Waals surface area contributed by atoms with Crippen molar-refractivity contribution >= 4 is 0 Å². The molecule has 0 bridgehead atoms. The summed E-state index contributed by atoms with van der Waals surface area (Å²) in [5.41, 5.74) is 1.05. The number of hydrogen-bond acceptors (Lipinski definition) is 2. The van der Waals surface area contributed by atoms with Crippen molar-refractivity contribution in [2.24, 2.45) is 0 Å². The Kier molecular flexibility index (Phi) is 3.26. The molecule has 0 heterocycles. The molecule has 2 atom stereocenters. The quantitative estimate of drug-likeness (QED) is 0.707. The average molecular weight is 166 g/mol. The zero-order chi connectivity index (χ0) is 8.97. The van der Waals surface area contributed by atoms with Gasteiger partial charge in [0.25, 0.3) is 0 Å². The van der Waals surface area contributed by atoms with Crippen LogP contribution in [-0.2, 0) is 0 Å². The molecule has 2 nitrogen and oxygen atoms in total. The first-order valence-corrected chi connectivity index (χ1v) is 4.09. The van der Waals surface area contributed by atoms with E-state index in [1.54, 1.807) is 0 Å². The fraction of sp³-hybridized carbons (Fsp3) is 0.400. The van der Waals surface area contributed by atoms with Crippen LogP contribution in [-0.4, -0.2) is 22.9 Å². The molecule has 0 amide bonds. The molecule has 12 heavy (non-hydrogen) atoms. The van der Waals surface area contributed by atoms with Crippen molar-refractivity contribution < 1.29 is 10.2 Å². The number of aliphatic hydroxyl groups excluding tert-OH is 2. The minimum atomic E-state index is -0.660. The molecule has 0 aromatic heterocycles. The van der Waals surface area contributed by atoms with E-state index in [0.29, 0.717) is 0 Å². The van der Waals surface area contributed by atoms with Gasteiger partial charge in [-0.1, -0.05) is 37.3 Å². The van der Waals surface area contributed by atoms with Crippen molar-refractivity contribution in [1.29, 1.82) is 0 Å². The third kappa shape index (κ3) is 2.06. The van der Waals surface area contributed by atoms with E-state index in [2.05, 4.69) is 0 Å². The first-order chi connectivity index (χ1) is 5.75. The van der Waals surface area contributed by atoms with Gasteiger partial charge >= 0.3 is 0 Å². The Bertz CT molecular complexity index is 221. The largest absolute Gasteiger partial charge is 0.394 e. The van der Waals surface area contributed by atoms with Crippen LogP contribution >= 0.6 is 0 Å². The van der Waals surface area contributed by atoms with E-state index in [-0.39, 0.29) is 12.5 Å². The van der Waals surface area contributed by atoms with Gasteiger partial charge in [0.2, 0.25) is 0 Å². The Hall–Kier alpha value is -0.860. The molecule has 0 spiro atoms. The molecule has 0 unspecified atom stereocenters. The molecule has 2 N–H and O–H groups in total. The molecule has 2 heteroatoms. The zero-order valence-corrected chi connectivity index (χ0v) is 7.14. The monoisotopic (exact) mass is 166 g/mol. The van der Waals surface area contributed by atoms with Gasteiger partial charge in [0.05, 0.1) is 12.7 Å². The molecule has 0 saturated heterocycles. The van der Waals surface area contributed by atoms with Gasteiger partial charge < -0.3 is 10.2 Å². The van der Waals surface area contributed by atoms with E-state index >= 15 is 0 Å². The van der Waals surface area contributed by atoms with E-state index < -0.39 is 6.10 Å². The van der Waals surface area contributed by atoms with Crippen molar-refractivity contribution in [2.45, 2.75) is 18.9 Å². The lowest BCUT2D eigenvalue weighted by atomic mass is 9.96. The van der Waals surface area contributed by atoms with Crippen molar-refractivity contribution in [2.75, 3.05) is 6.61 Å². The van der Waals surface area contributed by atoms with E-state index in [4.69, 9.17) is 5.11 Å². The number of benzene rings is 1. The van der Waals surface area contributed by atoms with E-state index in [1.807, 2.05) is 37.3 Å². The van der Waals surface area contributed by atoms with Crippen LogP contribution in [0.5, 0.6) is 0 Å². The molecular formula is C10H14O2. The lowest BCUT2D eigenvalue weighted by Crippen LogP contribution is -2.19. The Morgan fingerprint density at radius 1 is 1.25 bits per heavy atom. The summed E-state index contributed by atoms with van der Waals surface area (Å²) in [6.45, 7) is 1.71.